The highest BCUT2D eigenvalue weighted by Crippen LogP contribution is 2.36. The molecule has 0 amide bonds. The van der Waals surface area contributed by atoms with Crippen molar-refractivity contribution < 1.29 is 5.11 Å². The Morgan fingerprint density at radius 2 is 1.88 bits per heavy atom. The molecule has 0 unspecified atom stereocenters. The first-order valence-electron chi connectivity index (χ1n) is 7.24. The van der Waals surface area contributed by atoms with E-state index < -0.39 is 0 Å². The van der Waals surface area contributed by atoms with Crippen molar-refractivity contribution in [2.75, 3.05) is 5.32 Å². The summed E-state index contributed by atoms with van der Waals surface area (Å²) in [7, 11) is 0. The minimum atomic E-state index is -0.211. The molecular weight excluding hydrogens is 347 g/mol. The van der Waals surface area contributed by atoms with E-state index in [1.807, 2.05) is 24.3 Å². The molecule has 2 N–H and O–H groups in total. The molecule has 0 aliphatic carbocycles. The summed E-state index contributed by atoms with van der Waals surface area (Å²) in [6.45, 7) is 0. The van der Waals surface area contributed by atoms with E-state index in [-0.39, 0.29) is 11.8 Å². The van der Waals surface area contributed by atoms with Crippen LogP contribution in [0.25, 0.3) is 5.70 Å². The summed E-state index contributed by atoms with van der Waals surface area (Å²) in [6, 6.07) is 12.1. The number of benzene rings is 2. The zero-order valence-electron chi connectivity index (χ0n) is 12.3. The molecule has 2 aromatic carbocycles. The van der Waals surface area contributed by atoms with Crippen molar-refractivity contribution in [1.82, 2.24) is 14.8 Å². The van der Waals surface area contributed by atoms with Gasteiger partial charge < -0.3 is 10.4 Å². The van der Waals surface area contributed by atoms with Crippen LogP contribution in [0, 0.1) is 0 Å². The molecule has 0 radical (unpaired) electrons. The number of anilines is 1. The highest BCUT2D eigenvalue weighted by atomic mass is 35.5. The molecule has 0 saturated heterocycles. The van der Waals surface area contributed by atoms with Gasteiger partial charge in [-0.2, -0.15) is 10.1 Å². The molecule has 3 aromatic rings. The smallest absolute Gasteiger partial charge is 0.226 e. The average Bonchev–Trinajstić information content (AvgIpc) is 3.03. The lowest BCUT2D eigenvalue weighted by Gasteiger charge is -2.25. The Hall–Kier alpha value is -2.50. The van der Waals surface area contributed by atoms with Crippen LogP contribution in [0.3, 0.4) is 0 Å². The van der Waals surface area contributed by atoms with Gasteiger partial charge in [0, 0.05) is 15.7 Å². The maximum Gasteiger partial charge on any atom is 0.226 e. The van der Waals surface area contributed by atoms with E-state index in [1.165, 1.54) is 6.33 Å². The number of hydrogen-bond acceptors (Lipinski definition) is 4. The van der Waals surface area contributed by atoms with Crippen molar-refractivity contribution in [3.63, 3.8) is 0 Å². The van der Waals surface area contributed by atoms with Crippen LogP contribution in [-0.4, -0.2) is 19.9 Å². The van der Waals surface area contributed by atoms with Crippen LogP contribution >= 0.6 is 23.2 Å². The van der Waals surface area contributed by atoms with E-state index in [2.05, 4.69) is 15.4 Å². The Balaban J connectivity index is 1.83. The zero-order chi connectivity index (χ0) is 16.7. The van der Waals surface area contributed by atoms with Crippen molar-refractivity contribution in [1.29, 1.82) is 0 Å². The molecule has 1 aliphatic heterocycles. The fraction of sp³-hybridized carbons (Fsp3) is 0.0588. The summed E-state index contributed by atoms with van der Waals surface area (Å²) in [5.41, 5.74) is 2.68. The van der Waals surface area contributed by atoms with Gasteiger partial charge in [0.2, 0.25) is 5.95 Å². The number of rotatable bonds is 2. The summed E-state index contributed by atoms with van der Waals surface area (Å²) in [5, 5.41) is 18.2. The quantitative estimate of drug-likeness (QED) is 0.714. The van der Waals surface area contributed by atoms with E-state index in [0.717, 1.165) is 16.8 Å². The zero-order valence-corrected chi connectivity index (χ0v) is 13.8. The van der Waals surface area contributed by atoms with Crippen molar-refractivity contribution in [2.45, 2.75) is 6.04 Å². The van der Waals surface area contributed by atoms with E-state index >= 15 is 0 Å². The minimum absolute atomic E-state index is 0.211. The summed E-state index contributed by atoms with van der Waals surface area (Å²) in [5.74, 6) is 0.840. The van der Waals surface area contributed by atoms with Crippen molar-refractivity contribution in [3.05, 3.63) is 76.0 Å². The number of fused-ring (bicyclic) bond motifs is 1. The first-order valence-corrected chi connectivity index (χ1v) is 8.00. The standard InChI is InChI=1S/C17H12Cl2N4O/c18-11-3-6-13(14(19)7-11)16-8-15(10-1-4-12(24)5-2-10)22-17-20-9-21-23(16)17/h1-9,16,24H,(H,20,21,22)/t16-/m1/s1. The summed E-state index contributed by atoms with van der Waals surface area (Å²) in [4.78, 5) is 4.25. The second kappa shape index (κ2) is 5.85. The second-order valence-electron chi connectivity index (χ2n) is 5.39. The maximum absolute atomic E-state index is 9.48. The number of aromatic hydroxyl groups is 1. The molecule has 120 valence electrons. The van der Waals surface area contributed by atoms with Gasteiger partial charge >= 0.3 is 0 Å². The van der Waals surface area contributed by atoms with Crippen molar-refractivity contribution >= 4 is 34.8 Å². The van der Waals surface area contributed by atoms with Crippen LogP contribution in [0.5, 0.6) is 5.75 Å². The third-order valence-corrected chi connectivity index (χ3v) is 4.43. The predicted octanol–water partition coefficient (Wildman–Crippen LogP) is 4.35. The molecular formula is C17H12Cl2N4O. The fourth-order valence-electron chi connectivity index (χ4n) is 2.71. The van der Waals surface area contributed by atoms with Gasteiger partial charge in [-0.15, -0.1) is 0 Å². The number of allylic oxidation sites excluding steroid dienone is 1. The van der Waals surface area contributed by atoms with E-state index in [1.54, 1.807) is 28.9 Å². The molecule has 0 spiro atoms. The maximum atomic E-state index is 9.48. The number of hydrogen-bond donors (Lipinski definition) is 2. The molecule has 0 saturated carbocycles. The first kappa shape index (κ1) is 15.1. The van der Waals surface area contributed by atoms with Gasteiger partial charge in [-0.3, -0.25) is 0 Å². The third-order valence-electron chi connectivity index (χ3n) is 3.87. The number of halogens is 2. The number of phenols is 1. The number of nitrogens with zero attached hydrogens (tertiary/aromatic N) is 3. The lowest BCUT2D eigenvalue weighted by atomic mass is 10.0. The molecule has 1 aromatic heterocycles. The number of nitrogens with one attached hydrogen (secondary N) is 1. The Morgan fingerprint density at radius 1 is 1.08 bits per heavy atom. The topological polar surface area (TPSA) is 63.0 Å². The van der Waals surface area contributed by atoms with Crippen LogP contribution in [0.4, 0.5) is 5.95 Å². The summed E-state index contributed by atoms with van der Waals surface area (Å²) >= 11 is 12.4. The van der Waals surface area contributed by atoms with E-state index in [4.69, 9.17) is 23.2 Å². The normalized spacial score (nSPS) is 16.2. The van der Waals surface area contributed by atoms with Crippen LogP contribution < -0.4 is 5.32 Å². The summed E-state index contributed by atoms with van der Waals surface area (Å²) in [6.07, 6.45) is 3.51. The molecule has 5 nitrogen and oxygen atoms in total. The van der Waals surface area contributed by atoms with Gasteiger partial charge in [0.1, 0.15) is 18.1 Å². The van der Waals surface area contributed by atoms with Gasteiger partial charge in [0.25, 0.3) is 0 Å². The van der Waals surface area contributed by atoms with Crippen LogP contribution in [-0.2, 0) is 0 Å². The Morgan fingerprint density at radius 3 is 2.62 bits per heavy atom. The van der Waals surface area contributed by atoms with Gasteiger partial charge in [-0.1, -0.05) is 29.3 Å². The van der Waals surface area contributed by atoms with Crippen molar-refractivity contribution in [2.24, 2.45) is 0 Å². The van der Waals surface area contributed by atoms with Crippen LogP contribution in [0.15, 0.2) is 54.9 Å². The number of phenolic OH excluding ortho intramolecular Hbond substituents is 1. The highest BCUT2D eigenvalue weighted by molar-refractivity contribution is 6.35. The molecule has 0 fully saturated rings. The molecule has 24 heavy (non-hydrogen) atoms. The average molecular weight is 359 g/mol. The predicted molar refractivity (Wildman–Crippen MR) is 94.3 cm³/mol. The lowest BCUT2D eigenvalue weighted by Crippen LogP contribution is -2.20. The second-order valence-corrected chi connectivity index (χ2v) is 6.23. The Labute approximate surface area is 148 Å². The molecule has 4 rings (SSSR count). The van der Waals surface area contributed by atoms with Crippen molar-refractivity contribution in [3.8, 4) is 5.75 Å². The molecule has 0 bridgehead atoms. The van der Waals surface area contributed by atoms with Gasteiger partial charge in [0.15, 0.2) is 0 Å². The largest absolute Gasteiger partial charge is 0.508 e. The summed E-state index contributed by atoms with van der Waals surface area (Å²) < 4.78 is 1.76. The lowest BCUT2D eigenvalue weighted by molar-refractivity contribution is 0.475. The molecule has 1 aliphatic rings. The third kappa shape index (κ3) is 2.62. The van der Waals surface area contributed by atoms with E-state index in [9.17, 15) is 5.11 Å². The van der Waals surface area contributed by atoms with Gasteiger partial charge in [-0.25, -0.2) is 4.68 Å². The number of aromatic nitrogens is 3. The first-order chi connectivity index (χ1) is 11.6. The Bertz CT molecular complexity index is 934. The fourth-order valence-corrected chi connectivity index (χ4v) is 3.23. The van der Waals surface area contributed by atoms with Crippen LogP contribution in [0.2, 0.25) is 10.0 Å². The molecule has 7 heteroatoms. The molecule has 2 heterocycles. The van der Waals surface area contributed by atoms with E-state index in [0.29, 0.717) is 16.0 Å². The SMILES string of the molecule is Oc1ccc(C2=C[C@H](c3ccc(Cl)cc3Cl)n3ncnc3N2)cc1. The van der Waals surface area contributed by atoms with Gasteiger partial charge in [-0.05, 0) is 53.6 Å². The minimum Gasteiger partial charge on any atom is -0.508 e. The van der Waals surface area contributed by atoms with Gasteiger partial charge in [0.05, 0.1) is 0 Å². The monoisotopic (exact) mass is 358 g/mol. The van der Waals surface area contributed by atoms with Crippen LogP contribution in [0.1, 0.15) is 17.2 Å². The molecule has 1 atom stereocenters. The highest BCUT2D eigenvalue weighted by Gasteiger charge is 2.25. The Kier molecular flexibility index (Phi) is 3.67.